The Hall–Kier alpha value is -0.570. The zero-order chi connectivity index (χ0) is 9.14. The van der Waals surface area contributed by atoms with Crippen LogP contribution in [0.3, 0.4) is 0 Å². The Kier molecular flexibility index (Phi) is 3.09. The largest absolute Gasteiger partial charge is 0.387 e. The molecule has 0 bridgehead atoms. The van der Waals surface area contributed by atoms with E-state index in [1.165, 1.54) is 0 Å². The average Bonchev–Trinajstić information content (AvgIpc) is 2.03. The topological polar surface area (TPSA) is 46.2 Å². The number of rotatable bonds is 2. The maximum atomic E-state index is 9.48. The fourth-order valence-corrected chi connectivity index (χ4v) is 1.53. The molecule has 0 fully saturated rings. The molecule has 3 N–H and O–H groups in total. The van der Waals surface area contributed by atoms with Crippen molar-refractivity contribution in [2.75, 3.05) is 6.54 Å². The summed E-state index contributed by atoms with van der Waals surface area (Å²) in [5.41, 5.74) is 7.04. The van der Waals surface area contributed by atoms with Gasteiger partial charge in [-0.25, -0.2) is 0 Å². The zero-order valence-electron chi connectivity index (χ0n) is 6.92. The van der Waals surface area contributed by atoms with Gasteiger partial charge >= 0.3 is 0 Å². The summed E-state index contributed by atoms with van der Waals surface area (Å²) < 4.78 is 0. The number of aryl methyl sites for hydroxylation is 1. The first kappa shape index (κ1) is 9.52. The van der Waals surface area contributed by atoms with E-state index in [9.17, 15) is 5.11 Å². The molecule has 1 aromatic rings. The lowest BCUT2D eigenvalue weighted by Gasteiger charge is -2.12. The van der Waals surface area contributed by atoms with Crippen molar-refractivity contribution in [3.05, 3.63) is 34.3 Å². The summed E-state index contributed by atoms with van der Waals surface area (Å²) in [4.78, 5) is 0. The fraction of sp³-hybridized carbons (Fsp3) is 0.333. The molecule has 12 heavy (non-hydrogen) atoms. The van der Waals surface area contributed by atoms with Gasteiger partial charge < -0.3 is 10.8 Å². The normalized spacial score (nSPS) is 13.0. The van der Waals surface area contributed by atoms with Crippen LogP contribution >= 0.6 is 11.6 Å². The minimum atomic E-state index is -0.654. The quantitative estimate of drug-likeness (QED) is 0.736. The summed E-state index contributed by atoms with van der Waals surface area (Å²) >= 11 is 5.89. The van der Waals surface area contributed by atoms with E-state index in [1.807, 2.05) is 19.1 Å². The van der Waals surface area contributed by atoms with Crippen LogP contribution in [0.25, 0.3) is 0 Å². The summed E-state index contributed by atoms with van der Waals surface area (Å²) in [5, 5.41) is 10.1. The van der Waals surface area contributed by atoms with E-state index in [4.69, 9.17) is 17.3 Å². The molecule has 0 unspecified atom stereocenters. The molecule has 66 valence electrons. The molecule has 2 nitrogen and oxygen atoms in total. The van der Waals surface area contributed by atoms with Crippen molar-refractivity contribution >= 4 is 11.6 Å². The van der Waals surface area contributed by atoms with Crippen LogP contribution in [0.15, 0.2) is 18.2 Å². The fourth-order valence-electron chi connectivity index (χ4n) is 1.18. The third-order valence-electron chi connectivity index (χ3n) is 1.83. The van der Waals surface area contributed by atoms with Crippen molar-refractivity contribution in [1.29, 1.82) is 0 Å². The standard InChI is InChI=1S/C9H12ClNO/c1-6-3-2-4-7(10)9(6)8(12)5-11/h2-4,8,12H,5,11H2,1H3/t8-/m0/s1. The highest BCUT2D eigenvalue weighted by Crippen LogP contribution is 2.25. The molecule has 0 aliphatic carbocycles. The van der Waals surface area contributed by atoms with Crippen molar-refractivity contribution in [1.82, 2.24) is 0 Å². The number of hydrogen-bond donors (Lipinski definition) is 2. The number of benzene rings is 1. The third kappa shape index (κ3) is 1.78. The van der Waals surface area contributed by atoms with Gasteiger partial charge in [0.2, 0.25) is 0 Å². The van der Waals surface area contributed by atoms with Gasteiger partial charge in [0.1, 0.15) is 0 Å². The van der Waals surface area contributed by atoms with Crippen molar-refractivity contribution in [3.63, 3.8) is 0 Å². The molecule has 0 aliphatic heterocycles. The van der Waals surface area contributed by atoms with Crippen molar-refractivity contribution in [2.24, 2.45) is 5.73 Å². The van der Waals surface area contributed by atoms with Crippen LogP contribution < -0.4 is 5.73 Å². The van der Waals surface area contributed by atoms with Crippen LogP contribution in [0.5, 0.6) is 0 Å². The van der Waals surface area contributed by atoms with E-state index in [2.05, 4.69) is 0 Å². The Balaban J connectivity index is 3.12. The van der Waals surface area contributed by atoms with Crippen molar-refractivity contribution in [2.45, 2.75) is 13.0 Å². The minimum Gasteiger partial charge on any atom is -0.387 e. The van der Waals surface area contributed by atoms with E-state index in [0.717, 1.165) is 11.1 Å². The highest BCUT2D eigenvalue weighted by Gasteiger charge is 2.11. The second kappa shape index (κ2) is 3.90. The van der Waals surface area contributed by atoms with Crippen LogP contribution in [0.2, 0.25) is 5.02 Å². The summed E-state index contributed by atoms with van der Waals surface area (Å²) in [6.07, 6.45) is -0.654. The van der Waals surface area contributed by atoms with Crippen LogP contribution in [0.1, 0.15) is 17.2 Å². The molecule has 1 aromatic carbocycles. The molecule has 1 atom stereocenters. The molecule has 0 heterocycles. The summed E-state index contributed by atoms with van der Waals surface area (Å²) in [7, 11) is 0. The number of aliphatic hydroxyl groups excluding tert-OH is 1. The van der Waals surface area contributed by atoms with Gasteiger partial charge in [0.25, 0.3) is 0 Å². The van der Waals surface area contributed by atoms with Crippen LogP contribution in [0, 0.1) is 6.92 Å². The van der Waals surface area contributed by atoms with Crippen molar-refractivity contribution in [3.8, 4) is 0 Å². The van der Waals surface area contributed by atoms with Crippen molar-refractivity contribution < 1.29 is 5.11 Å². The van der Waals surface area contributed by atoms with Crippen LogP contribution in [-0.4, -0.2) is 11.7 Å². The van der Waals surface area contributed by atoms with E-state index >= 15 is 0 Å². The monoisotopic (exact) mass is 185 g/mol. The van der Waals surface area contributed by atoms with E-state index in [1.54, 1.807) is 6.07 Å². The van der Waals surface area contributed by atoms with Gasteiger partial charge in [0.15, 0.2) is 0 Å². The van der Waals surface area contributed by atoms with Crippen LogP contribution in [-0.2, 0) is 0 Å². The first-order valence-electron chi connectivity index (χ1n) is 3.80. The number of halogens is 1. The SMILES string of the molecule is Cc1cccc(Cl)c1[C@@H](O)CN. The average molecular weight is 186 g/mol. The molecular weight excluding hydrogens is 174 g/mol. The lowest BCUT2D eigenvalue weighted by molar-refractivity contribution is 0.186. The lowest BCUT2D eigenvalue weighted by atomic mass is 10.0. The van der Waals surface area contributed by atoms with Gasteiger partial charge in [-0.3, -0.25) is 0 Å². The third-order valence-corrected chi connectivity index (χ3v) is 2.16. The van der Waals surface area contributed by atoms with E-state index in [-0.39, 0.29) is 6.54 Å². The van der Waals surface area contributed by atoms with Gasteiger partial charge in [-0.15, -0.1) is 0 Å². The Morgan fingerprint density at radius 1 is 1.58 bits per heavy atom. The second-order valence-corrected chi connectivity index (χ2v) is 3.13. The lowest BCUT2D eigenvalue weighted by Crippen LogP contribution is -2.13. The Bertz CT molecular complexity index is 255. The van der Waals surface area contributed by atoms with Gasteiger partial charge in [-0.05, 0) is 18.6 Å². The molecule has 0 amide bonds. The predicted octanol–water partition coefficient (Wildman–Crippen LogP) is 1.64. The summed E-state index contributed by atoms with van der Waals surface area (Å²) in [5.74, 6) is 0. The molecule has 3 heteroatoms. The van der Waals surface area contributed by atoms with Gasteiger partial charge in [-0.2, -0.15) is 0 Å². The van der Waals surface area contributed by atoms with E-state index < -0.39 is 6.10 Å². The molecule has 0 aromatic heterocycles. The predicted molar refractivity (Wildman–Crippen MR) is 50.2 cm³/mol. The number of aliphatic hydroxyl groups is 1. The second-order valence-electron chi connectivity index (χ2n) is 2.72. The Morgan fingerprint density at radius 3 is 2.75 bits per heavy atom. The van der Waals surface area contributed by atoms with Gasteiger partial charge in [0, 0.05) is 17.1 Å². The van der Waals surface area contributed by atoms with Gasteiger partial charge in [-0.1, -0.05) is 23.7 Å². The molecule has 0 radical (unpaired) electrons. The molecular formula is C9H12ClNO. The Morgan fingerprint density at radius 2 is 2.25 bits per heavy atom. The minimum absolute atomic E-state index is 0.199. The maximum Gasteiger partial charge on any atom is 0.0929 e. The number of nitrogens with two attached hydrogens (primary N) is 1. The zero-order valence-corrected chi connectivity index (χ0v) is 7.67. The van der Waals surface area contributed by atoms with E-state index in [0.29, 0.717) is 5.02 Å². The molecule has 1 rings (SSSR count). The van der Waals surface area contributed by atoms with Crippen LogP contribution in [0.4, 0.5) is 0 Å². The number of hydrogen-bond acceptors (Lipinski definition) is 2. The molecule has 0 spiro atoms. The smallest absolute Gasteiger partial charge is 0.0929 e. The molecule has 0 aliphatic rings. The highest BCUT2D eigenvalue weighted by atomic mass is 35.5. The maximum absolute atomic E-state index is 9.48. The van der Waals surface area contributed by atoms with Gasteiger partial charge in [0.05, 0.1) is 6.10 Å². The Labute approximate surface area is 77.0 Å². The first-order chi connectivity index (χ1) is 5.66. The highest BCUT2D eigenvalue weighted by molar-refractivity contribution is 6.31. The summed E-state index contributed by atoms with van der Waals surface area (Å²) in [6, 6.07) is 5.51. The summed E-state index contributed by atoms with van der Waals surface area (Å²) in [6.45, 7) is 2.10. The molecule has 0 saturated heterocycles. The first-order valence-corrected chi connectivity index (χ1v) is 4.17. The molecule has 0 saturated carbocycles.